The number of ketones is 1. The van der Waals surface area contributed by atoms with Gasteiger partial charge in [-0.15, -0.1) is 0 Å². The molecule has 6 heteroatoms. The van der Waals surface area contributed by atoms with Crippen molar-refractivity contribution in [2.75, 3.05) is 13.2 Å². The van der Waals surface area contributed by atoms with Gasteiger partial charge in [0.15, 0.2) is 5.78 Å². The number of carbonyl (C=O) groups excluding carboxylic acids is 3. The van der Waals surface area contributed by atoms with E-state index in [9.17, 15) is 14.4 Å². The highest BCUT2D eigenvalue weighted by Gasteiger charge is 2.45. The maximum Gasteiger partial charge on any atom is 0.245 e. The lowest BCUT2D eigenvalue weighted by atomic mass is 9.84. The fourth-order valence-electron chi connectivity index (χ4n) is 5.38. The average Bonchev–Trinajstić information content (AvgIpc) is 3.19. The van der Waals surface area contributed by atoms with Gasteiger partial charge < -0.3 is 15.0 Å². The Kier molecular flexibility index (Phi) is 7.38. The number of rotatable bonds is 7. The zero-order chi connectivity index (χ0) is 21.6. The summed E-state index contributed by atoms with van der Waals surface area (Å²) >= 11 is 0. The number of piperidine rings is 1. The average molecular weight is 427 g/mol. The molecule has 0 radical (unpaired) electrons. The van der Waals surface area contributed by atoms with Crippen LogP contribution in [-0.2, 0) is 25.5 Å². The summed E-state index contributed by atoms with van der Waals surface area (Å²) in [6.45, 7) is 0.659. The molecule has 2 amide bonds. The lowest BCUT2D eigenvalue weighted by molar-refractivity contribution is -0.144. The van der Waals surface area contributed by atoms with Crippen LogP contribution in [0, 0.1) is 5.92 Å². The predicted molar refractivity (Wildman–Crippen MR) is 117 cm³/mol. The minimum absolute atomic E-state index is 0.00938. The summed E-state index contributed by atoms with van der Waals surface area (Å²) in [7, 11) is 0. The van der Waals surface area contributed by atoms with Gasteiger partial charge in [0.25, 0.3) is 0 Å². The molecule has 1 aliphatic carbocycles. The van der Waals surface area contributed by atoms with Gasteiger partial charge in [0.05, 0.1) is 6.10 Å². The number of carbonyl (C=O) groups is 3. The molecule has 1 N–H and O–H groups in total. The topological polar surface area (TPSA) is 75.7 Å². The van der Waals surface area contributed by atoms with Crippen molar-refractivity contribution in [1.29, 1.82) is 0 Å². The molecule has 0 bridgehead atoms. The van der Waals surface area contributed by atoms with Crippen molar-refractivity contribution >= 4 is 17.6 Å². The Bertz CT molecular complexity index is 775. The van der Waals surface area contributed by atoms with E-state index in [-0.39, 0.29) is 30.3 Å². The lowest BCUT2D eigenvalue weighted by Gasteiger charge is -2.38. The second-order valence-corrected chi connectivity index (χ2v) is 9.28. The first-order chi connectivity index (χ1) is 15.1. The van der Waals surface area contributed by atoms with Crippen LogP contribution in [0.3, 0.4) is 0 Å². The van der Waals surface area contributed by atoms with Crippen LogP contribution < -0.4 is 5.32 Å². The third-order valence-corrected chi connectivity index (χ3v) is 7.04. The van der Waals surface area contributed by atoms with E-state index in [2.05, 4.69) is 5.32 Å². The van der Waals surface area contributed by atoms with Crippen LogP contribution in [0.1, 0.15) is 63.4 Å². The molecule has 2 saturated heterocycles. The summed E-state index contributed by atoms with van der Waals surface area (Å²) in [4.78, 5) is 40.5. The monoisotopic (exact) mass is 426 g/mol. The van der Waals surface area contributed by atoms with Gasteiger partial charge in [-0.05, 0) is 37.2 Å². The highest BCUT2D eigenvalue weighted by Crippen LogP contribution is 2.30. The molecule has 0 spiro atoms. The second-order valence-electron chi connectivity index (χ2n) is 9.28. The molecular weight excluding hydrogens is 392 g/mol. The van der Waals surface area contributed by atoms with Gasteiger partial charge in [0.2, 0.25) is 11.8 Å². The van der Waals surface area contributed by atoms with Crippen LogP contribution in [-0.4, -0.2) is 53.8 Å². The maximum atomic E-state index is 13.6. The Hall–Kier alpha value is -2.21. The molecule has 3 fully saturated rings. The number of fused-ring (bicyclic) bond motifs is 1. The fraction of sp³-hybridized carbons (Fsp3) is 0.640. The minimum Gasteiger partial charge on any atom is -0.368 e. The number of hydrogen-bond donors (Lipinski definition) is 1. The molecule has 1 saturated carbocycles. The zero-order valence-electron chi connectivity index (χ0n) is 18.3. The molecule has 31 heavy (non-hydrogen) atoms. The molecule has 3 aliphatic rings. The van der Waals surface area contributed by atoms with Crippen molar-refractivity contribution < 1.29 is 19.1 Å². The molecule has 0 aromatic heterocycles. The Balaban J connectivity index is 1.43. The van der Waals surface area contributed by atoms with Gasteiger partial charge in [-0.2, -0.15) is 0 Å². The first-order valence-electron chi connectivity index (χ1n) is 11.9. The molecule has 1 aromatic rings. The first-order valence-corrected chi connectivity index (χ1v) is 11.9. The van der Waals surface area contributed by atoms with Gasteiger partial charge in [-0.3, -0.25) is 14.4 Å². The van der Waals surface area contributed by atoms with E-state index < -0.39 is 12.1 Å². The number of nitrogens with zero attached hydrogens (tertiary/aromatic N) is 1. The normalized spacial score (nSPS) is 25.2. The van der Waals surface area contributed by atoms with Crippen molar-refractivity contribution in [3.05, 3.63) is 35.9 Å². The molecule has 1 aromatic carbocycles. The van der Waals surface area contributed by atoms with Gasteiger partial charge in [-0.25, -0.2) is 0 Å². The van der Waals surface area contributed by atoms with Crippen LogP contribution >= 0.6 is 0 Å². The molecule has 4 rings (SSSR count). The zero-order valence-corrected chi connectivity index (χ0v) is 18.3. The quantitative estimate of drug-likeness (QED) is 0.727. The Morgan fingerprint density at radius 2 is 1.84 bits per heavy atom. The molecule has 6 nitrogen and oxygen atoms in total. The third-order valence-electron chi connectivity index (χ3n) is 7.04. The van der Waals surface area contributed by atoms with Crippen LogP contribution in [0.25, 0.3) is 0 Å². The first kappa shape index (κ1) is 22.0. The van der Waals surface area contributed by atoms with E-state index in [0.29, 0.717) is 31.7 Å². The van der Waals surface area contributed by atoms with E-state index in [1.54, 1.807) is 4.90 Å². The summed E-state index contributed by atoms with van der Waals surface area (Å²) in [6, 6.07) is 8.89. The summed E-state index contributed by atoms with van der Waals surface area (Å²) in [6.07, 6.45) is 8.98. The van der Waals surface area contributed by atoms with Crippen molar-refractivity contribution in [2.45, 2.75) is 82.4 Å². The summed E-state index contributed by atoms with van der Waals surface area (Å²) in [5.41, 5.74) is 1.11. The standard InChI is InChI=1S/C25H34N2O4/c28-21-17-31-22-12-7-15-27(24(21)22)25(30)20(16-19-10-5-2-6-11-19)26-23(29)14-13-18-8-3-1-4-9-18/h1,3-4,8-9,19-20,22,24H,2,5-7,10-17H2,(H,26,29). The van der Waals surface area contributed by atoms with Crippen LogP contribution in [0.5, 0.6) is 0 Å². The molecular formula is C25H34N2O4. The van der Waals surface area contributed by atoms with Crippen LogP contribution in [0.15, 0.2) is 30.3 Å². The maximum absolute atomic E-state index is 13.6. The van der Waals surface area contributed by atoms with E-state index >= 15 is 0 Å². The second kappa shape index (κ2) is 10.4. The number of likely N-dealkylation sites (tertiary alicyclic amines) is 1. The largest absolute Gasteiger partial charge is 0.368 e. The van der Waals surface area contributed by atoms with Crippen molar-refractivity contribution in [1.82, 2.24) is 10.2 Å². The van der Waals surface area contributed by atoms with E-state index in [0.717, 1.165) is 31.2 Å². The number of nitrogens with one attached hydrogen (secondary N) is 1. The minimum atomic E-state index is -0.557. The van der Waals surface area contributed by atoms with Crippen molar-refractivity contribution in [2.24, 2.45) is 5.92 Å². The number of hydrogen-bond acceptors (Lipinski definition) is 4. The van der Waals surface area contributed by atoms with Gasteiger partial charge >= 0.3 is 0 Å². The van der Waals surface area contributed by atoms with Crippen LogP contribution in [0.2, 0.25) is 0 Å². The third kappa shape index (κ3) is 5.53. The summed E-state index contributed by atoms with van der Waals surface area (Å²) < 4.78 is 5.62. The Morgan fingerprint density at radius 3 is 2.61 bits per heavy atom. The van der Waals surface area contributed by atoms with Crippen molar-refractivity contribution in [3.63, 3.8) is 0 Å². The number of Topliss-reactive ketones (excluding diaryl/α,β-unsaturated/α-hetero) is 1. The molecule has 3 unspecified atom stereocenters. The number of aryl methyl sites for hydroxylation is 1. The van der Waals surface area contributed by atoms with E-state index in [1.165, 1.54) is 19.3 Å². The van der Waals surface area contributed by atoms with Crippen molar-refractivity contribution in [3.8, 4) is 0 Å². The summed E-state index contributed by atoms with van der Waals surface area (Å²) in [5, 5.41) is 3.04. The van der Waals surface area contributed by atoms with Gasteiger partial charge in [0, 0.05) is 13.0 Å². The van der Waals surface area contributed by atoms with E-state index in [4.69, 9.17) is 4.74 Å². The molecule has 3 atom stereocenters. The smallest absolute Gasteiger partial charge is 0.245 e. The molecule has 168 valence electrons. The highest BCUT2D eigenvalue weighted by molar-refractivity contribution is 5.94. The summed E-state index contributed by atoms with van der Waals surface area (Å²) in [5.74, 6) is 0.242. The molecule has 2 aliphatic heterocycles. The number of ether oxygens (including phenoxy) is 1. The highest BCUT2D eigenvalue weighted by atomic mass is 16.5. The molecule has 2 heterocycles. The van der Waals surface area contributed by atoms with E-state index in [1.807, 2.05) is 30.3 Å². The Labute approximate surface area is 184 Å². The Morgan fingerprint density at radius 1 is 1.06 bits per heavy atom. The van der Waals surface area contributed by atoms with Gasteiger partial charge in [-0.1, -0.05) is 62.4 Å². The lowest BCUT2D eigenvalue weighted by Crippen LogP contribution is -2.58. The van der Waals surface area contributed by atoms with Gasteiger partial charge in [0.1, 0.15) is 18.7 Å². The fourth-order valence-corrected chi connectivity index (χ4v) is 5.38. The SMILES string of the molecule is O=C(CCc1ccccc1)NC(CC1CCCCC1)C(=O)N1CCCC2OCC(=O)C21. The van der Waals surface area contributed by atoms with Crippen LogP contribution in [0.4, 0.5) is 0 Å². The predicted octanol–water partition coefficient (Wildman–Crippen LogP) is 3.03. The number of amides is 2. The number of benzene rings is 1.